The van der Waals surface area contributed by atoms with E-state index in [1.54, 1.807) is 24.3 Å². The van der Waals surface area contributed by atoms with E-state index in [1.165, 1.54) is 21.3 Å². The number of sulfonamides is 1. The zero-order valence-corrected chi connectivity index (χ0v) is 26.0. The fourth-order valence-corrected chi connectivity index (χ4v) is 6.55. The van der Waals surface area contributed by atoms with E-state index in [0.29, 0.717) is 12.2 Å². The highest BCUT2D eigenvalue weighted by Gasteiger charge is 2.34. The molecule has 0 heterocycles. The summed E-state index contributed by atoms with van der Waals surface area (Å²) in [5.41, 5.74) is 4.91. The van der Waals surface area contributed by atoms with Crippen molar-refractivity contribution in [2.75, 3.05) is 17.4 Å². The molecule has 1 atom stereocenters. The summed E-state index contributed by atoms with van der Waals surface area (Å²) in [7, 11) is -4.13. The van der Waals surface area contributed by atoms with Crippen LogP contribution >= 0.6 is 0 Å². The minimum atomic E-state index is -4.13. The number of carbonyl (C=O) groups is 2. The molecule has 1 N–H and O–H groups in total. The first kappa shape index (κ1) is 31.5. The third-order valence-electron chi connectivity index (χ3n) is 7.33. The number of carbonyl (C=O) groups excluding carboxylic acids is 2. The fourth-order valence-electron chi connectivity index (χ4n) is 5.05. The average molecular weight is 598 g/mol. The smallest absolute Gasteiger partial charge is 0.264 e. The second-order valence-corrected chi connectivity index (χ2v) is 12.6. The number of amides is 2. The van der Waals surface area contributed by atoms with E-state index in [-0.39, 0.29) is 23.8 Å². The largest absolute Gasteiger partial charge is 0.355 e. The number of nitrogens with one attached hydrogen (secondary N) is 1. The zero-order chi connectivity index (χ0) is 31.0. The van der Waals surface area contributed by atoms with Crippen molar-refractivity contribution in [3.63, 3.8) is 0 Å². The number of hydrogen-bond donors (Lipinski definition) is 1. The monoisotopic (exact) mass is 597 g/mol. The lowest BCUT2D eigenvalue weighted by Crippen LogP contribution is -2.53. The van der Waals surface area contributed by atoms with Gasteiger partial charge in [0, 0.05) is 19.5 Å². The van der Waals surface area contributed by atoms with Crippen LogP contribution in [0.15, 0.2) is 108 Å². The van der Waals surface area contributed by atoms with Crippen LogP contribution in [0.25, 0.3) is 0 Å². The molecule has 4 aromatic rings. The van der Waals surface area contributed by atoms with Crippen LogP contribution in [0.2, 0.25) is 0 Å². The first-order chi connectivity index (χ1) is 20.6. The maximum atomic E-state index is 14.4. The van der Waals surface area contributed by atoms with Gasteiger partial charge in [-0.25, -0.2) is 8.42 Å². The summed E-state index contributed by atoms with van der Waals surface area (Å²) in [6, 6.07) is 30.0. The Kier molecular flexibility index (Phi) is 10.4. The Bertz CT molecular complexity index is 1640. The number of rotatable bonds is 12. The Labute approximate surface area is 255 Å². The second kappa shape index (κ2) is 14.2. The normalized spacial score (nSPS) is 11.9. The predicted octanol–water partition coefficient (Wildman–Crippen LogP) is 5.58. The summed E-state index contributed by atoms with van der Waals surface area (Å²) < 4.78 is 29.4. The maximum Gasteiger partial charge on any atom is 0.264 e. The van der Waals surface area contributed by atoms with E-state index in [0.717, 1.165) is 27.8 Å². The Morgan fingerprint density at radius 1 is 0.767 bits per heavy atom. The molecule has 4 aromatic carbocycles. The Morgan fingerprint density at radius 3 is 1.98 bits per heavy atom. The van der Waals surface area contributed by atoms with Crippen molar-refractivity contribution in [1.82, 2.24) is 10.2 Å². The van der Waals surface area contributed by atoms with Gasteiger partial charge in [-0.1, -0.05) is 96.1 Å². The molecule has 0 aliphatic heterocycles. The van der Waals surface area contributed by atoms with Crippen LogP contribution in [-0.4, -0.2) is 44.3 Å². The van der Waals surface area contributed by atoms with Gasteiger partial charge in [-0.15, -0.1) is 0 Å². The molecule has 0 aliphatic rings. The van der Waals surface area contributed by atoms with E-state index < -0.39 is 28.5 Å². The van der Waals surface area contributed by atoms with Gasteiger partial charge >= 0.3 is 0 Å². The molecule has 8 heteroatoms. The first-order valence-corrected chi connectivity index (χ1v) is 15.9. The van der Waals surface area contributed by atoms with Crippen molar-refractivity contribution in [2.45, 2.75) is 51.6 Å². The molecule has 0 bridgehead atoms. The third-order valence-corrected chi connectivity index (χ3v) is 9.10. The van der Waals surface area contributed by atoms with Gasteiger partial charge in [0.25, 0.3) is 10.0 Å². The molecule has 2 amide bonds. The average Bonchev–Trinajstić information content (AvgIpc) is 3.00. The quantitative estimate of drug-likeness (QED) is 0.231. The standard InChI is InChI=1S/C35H39N3O4S/c1-5-36-35(40)33(23-29-12-8-6-9-13-29)37(24-30-19-16-26(2)17-20-30)34(39)25-38(32-21-18-27(3)22-28(32)4)43(41,42)31-14-10-7-11-15-31/h6-22,33H,5,23-25H2,1-4H3,(H,36,40)/t33-/m0/s1. The van der Waals surface area contributed by atoms with Crippen molar-refractivity contribution in [3.05, 3.63) is 131 Å². The summed E-state index contributed by atoms with van der Waals surface area (Å²) in [5, 5.41) is 2.89. The molecule has 0 saturated carbocycles. The predicted molar refractivity (Wildman–Crippen MR) is 171 cm³/mol. The van der Waals surface area contributed by atoms with Crippen molar-refractivity contribution in [1.29, 1.82) is 0 Å². The summed E-state index contributed by atoms with van der Waals surface area (Å²) in [4.78, 5) is 29.6. The van der Waals surface area contributed by atoms with E-state index in [9.17, 15) is 18.0 Å². The maximum absolute atomic E-state index is 14.4. The van der Waals surface area contributed by atoms with E-state index >= 15 is 0 Å². The Balaban J connectivity index is 1.81. The Hall–Kier alpha value is -4.43. The van der Waals surface area contributed by atoms with Crippen molar-refractivity contribution >= 4 is 27.5 Å². The van der Waals surface area contributed by atoms with Gasteiger partial charge in [-0.05, 0) is 62.6 Å². The number of hydrogen-bond acceptors (Lipinski definition) is 4. The number of anilines is 1. The lowest BCUT2D eigenvalue weighted by atomic mass is 10.0. The Morgan fingerprint density at radius 2 is 1.37 bits per heavy atom. The molecule has 0 radical (unpaired) electrons. The minimum absolute atomic E-state index is 0.0809. The molecule has 43 heavy (non-hydrogen) atoms. The lowest BCUT2D eigenvalue weighted by Gasteiger charge is -2.34. The van der Waals surface area contributed by atoms with Gasteiger partial charge in [-0.3, -0.25) is 13.9 Å². The molecule has 0 fully saturated rings. The number of aryl methyl sites for hydroxylation is 3. The number of benzene rings is 4. The highest BCUT2D eigenvalue weighted by atomic mass is 32.2. The highest BCUT2D eigenvalue weighted by Crippen LogP contribution is 2.28. The van der Waals surface area contributed by atoms with Crippen LogP contribution < -0.4 is 9.62 Å². The highest BCUT2D eigenvalue weighted by molar-refractivity contribution is 7.92. The third kappa shape index (κ3) is 7.90. The molecule has 7 nitrogen and oxygen atoms in total. The molecule has 0 aromatic heterocycles. The zero-order valence-electron chi connectivity index (χ0n) is 25.2. The van der Waals surface area contributed by atoms with Gasteiger partial charge in [-0.2, -0.15) is 0 Å². The molecule has 224 valence electrons. The lowest BCUT2D eigenvalue weighted by molar-refractivity contribution is -0.140. The van der Waals surface area contributed by atoms with Crippen molar-refractivity contribution < 1.29 is 18.0 Å². The van der Waals surface area contributed by atoms with Gasteiger partial charge in [0.2, 0.25) is 11.8 Å². The van der Waals surface area contributed by atoms with Crippen LogP contribution in [-0.2, 0) is 32.6 Å². The van der Waals surface area contributed by atoms with Crippen molar-refractivity contribution in [2.24, 2.45) is 0 Å². The van der Waals surface area contributed by atoms with Crippen molar-refractivity contribution in [3.8, 4) is 0 Å². The molecular weight excluding hydrogens is 558 g/mol. The van der Waals surface area contributed by atoms with Gasteiger partial charge in [0.15, 0.2) is 0 Å². The van der Waals surface area contributed by atoms with Gasteiger partial charge in [0.1, 0.15) is 12.6 Å². The van der Waals surface area contributed by atoms with Gasteiger partial charge < -0.3 is 10.2 Å². The SMILES string of the molecule is CCNC(=O)[C@H](Cc1ccccc1)N(Cc1ccc(C)cc1)C(=O)CN(c1ccc(C)cc1C)S(=O)(=O)c1ccccc1. The van der Waals surface area contributed by atoms with E-state index in [1.807, 2.05) is 94.4 Å². The molecule has 0 aliphatic carbocycles. The topological polar surface area (TPSA) is 86.8 Å². The van der Waals surface area contributed by atoms with Crippen LogP contribution in [0.4, 0.5) is 5.69 Å². The van der Waals surface area contributed by atoms with E-state index in [2.05, 4.69) is 5.32 Å². The molecule has 0 spiro atoms. The first-order valence-electron chi connectivity index (χ1n) is 14.4. The van der Waals surface area contributed by atoms with Crippen LogP contribution in [0.3, 0.4) is 0 Å². The van der Waals surface area contributed by atoms with Crippen LogP contribution in [0, 0.1) is 20.8 Å². The molecule has 4 rings (SSSR count). The van der Waals surface area contributed by atoms with E-state index in [4.69, 9.17) is 0 Å². The summed E-state index contributed by atoms with van der Waals surface area (Å²) in [6.07, 6.45) is 0.277. The molecule has 0 unspecified atom stereocenters. The number of likely N-dealkylation sites (N-methyl/N-ethyl adjacent to an activating group) is 1. The van der Waals surface area contributed by atoms with Crippen LogP contribution in [0.1, 0.15) is 34.7 Å². The summed E-state index contributed by atoms with van der Waals surface area (Å²) in [5.74, 6) is -0.775. The number of nitrogens with zero attached hydrogens (tertiary/aromatic N) is 2. The van der Waals surface area contributed by atoms with Crippen LogP contribution in [0.5, 0.6) is 0 Å². The molecule has 0 saturated heterocycles. The van der Waals surface area contributed by atoms with Gasteiger partial charge in [0.05, 0.1) is 10.6 Å². The minimum Gasteiger partial charge on any atom is -0.355 e. The summed E-state index contributed by atoms with van der Waals surface area (Å²) >= 11 is 0. The fraction of sp³-hybridized carbons (Fsp3) is 0.257. The summed E-state index contributed by atoms with van der Waals surface area (Å²) in [6.45, 7) is 7.64. The molecular formula is C35H39N3O4S. The second-order valence-electron chi connectivity index (χ2n) is 10.7.